The van der Waals surface area contributed by atoms with E-state index in [0.717, 1.165) is 11.1 Å². The summed E-state index contributed by atoms with van der Waals surface area (Å²) in [6, 6.07) is 4.96. The highest BCUT2D eigenvalue weighted by Gasteiger charge is 2.33. The lowest BCUT2D eigenvalue weighted by Gasteiger charge is -2.39. The van der Waals surface area contributed by atoms with Gasteiger partial charge in [-0.15, -0.1) is 0 Å². The lowest BCUT2D eigenvalue weighted by molar-refractivity contribution is -0.117. The summed E-state index contributed by atoms with van der Waals surface area (Å²) >= 11 is 0. The highest BCUT2D eigenvalue weighted by Crippen LogP contribution is 2.38. The molecule has 1 N–H and O–H groups in total. The van der Waals surface area contributed by atoms with Gasteiger partial charge in [0, 0.05) is 31.5 Å². The Morgan fingerprint density at radius 3 is 2.57 bits per heavy atom. The number of carbonyl (C=O) groups excluding carboxylic acids is 1. The molecule has 2 heterocycles. The number of fused-ring (bicyclic) bond motifs is 1. The average Bonchev–Trinajstić information content (AvgIpc) is 3.06. The standard InChI is InChI=1S/C18H22N4O5S/c1-12-10-21(18(24)25)17-8-14(4-5-16(17)22(12)13(2)23)15-9-19-20(11-15)6-7-28(3,26)27/h4-5,8-9,11-12H,6-7,10H2,1-3H3,(H,24,25)/t12-/m0/s1. The Hall–Kier alpha value is -2.88. The predicted molar refractivity (Wildman–Crippen MR) is 105 cm³/mol. The van der Waals surface area contributed by atoms with Crippen LogP contribution in [-0.2, 0) is 21.2 Å². The summed E-state index contributed by atoms with van der Waals surface area (Å²) in [6.07, 6.45) is 3.40. The molecule has 2 amide bonds. The van der Waals surface area contributed by atoms with Gasteiger partial charge >= 0.3 is 6.09 Å². The van der Waals surface area contributed by atoms with E-state index < -0.39 is 15.9 Å². The molecule has 1 aromatic heterocycles. The third kappa shape index (κ3) is 4.01. The van der Waals surface area contributed by atoms with Crippen molar-refractivity contribution in [1.29, 1.82) is 0 Å². The van der Waals surface area contributed by atoms with Gasteiger partial charge in [-0.1, -0.05) is 6.07 Å². The second kappa shape index (κ2) is 7.27. The van der Waals surface area contributed by atoms with Gasteiger partial charge in [0.25, 0.3) is 0 Å². The van der Waals surface area contributed by atoms with Crippen LogP contribution in [0.15, 0.2) is 30.6 Å². The molecule has 0 fully saturated rings. The van der Waals surface area contributed by atoms with Crippen molar-refractivity contribution in [3.8, 4) is 11.1 Å². The van der Waals surface area contributed by atoms with E-state index in [9.17, 15) is 23.1 Å². The Morgan fingerprint density at radius 1 is 1.25 bits per heavy atom. The van der Waals surface area contributed by atoms with Gasteiger partial charge in [-0.3, -0.25) is 14.4 Å². The minimum absolute atomic E-state index is 0.0173. The quantitative estimate of drug-likeness (QED) is 0.829. The molecular formula is C18H22N4O5S. The Bertz CT molecular complexity index is 1030. The summed E-state index contributed by atoms with van der Waals surface area (Å²) in [7, 11) is -3.10. The van der Waals surface area contributed by atoms with Gasteiger partial charge in [-0.05, 0) is 24.6 Å². The molecule has 0 saturated heterocycles. The zero-order valence-electron chi connectivity index (χ0n) is 15.9. The summed E-state index contributed by atoms with van der Waals surface area (Å²) in [6.45, 7) is 3.68. The van der Waals surface area contributed by atoms with E-state index in [1.165, 1.54) is 22.8 Å². The SMILES string of the molecule is CC(=O)N1c2ccc(-c3cnn(CCS(C)(=O)=O)c3)cc2N(C(=O)O)C[C@@H]1C. The van der Waals surface area contributed by atoms with Crippen LogP contribution in [-0.4, -0.2) is 59.9 Å². The topological polar surface area (TPSA) is 113 Å². The molecule has 0 aliphatic carbocycles. The number of hydrogen-bond donors (Lipinski definition) is 1. The van der Waals surface area contributed by atoms with Crippen molar-refractivity contribution >= 4 is 33.2 Å². The van der Waals surface area contributed by atoms with Gasteiger partial charge in [-0.25, -0.2) is 13.2 Å². The number of carbonyl (C=O) groups is 2. The highest BCUT2D eigenvalue weighted by atomic mass is 32.2. The molecule has 9 nitrogen and oxygen atoms in total. The fourth-order valence-electron chi connectivity index (χ4n) is 3.36. The number of hydrogen-bond acceptors (Lipinski definition) is 5. The maximum Gasteiger partial charge on any atom is 0.411 e. The Morgan fingerprint density at radius 2 is 1.96 bits per heavy atom. The third-order valence-corrected chi connectivity index (χ3v) is 5.57. The first-order valence-electron chi connectivity index (χ1n) is 8.71. The minimum atomic E-state index is -3.10. The van der Waals surface area contributed by atoms with Crippen molar-refractivity contribution in [2.45, 2.75) is 26.4 Å². The molecular weight excluding hydrogens is 384 g/mol. The first kappa shape index (κ1) is 19.9. The molecule has 2 aromatic rings. The maximum absolute atomic E-state index is 12.1. The molecule has 0 radical (unpaired) electrons. The van der Waals surface area contributed by atoms with Crippen LogP contribution in [0.3, 0.4) is 0 Å². The fourth-order valence-corrected chi connectivity index (χ4v) is 3.88. The molecule has 1 aliphatic heterocycles. The summed E-state index contributed by atoms with van der Waals surface area (Å²) in [4.78, 5) is 26.6. The molecule has 0 spiro atoms. The van der Waals surface area contributed by atoms with Crippen molar-refractivity contribution in [3.05, 3.63) is 30.6 Å². The zero-order chi connectivity index (χ0) is 20.6. The number of benzene rings is 1. The first-order valence-corrected chi connectivity index (χ1v) is 10.8. The lowest BCUT2D eigenvalue weighted by atomic mass is 10.0. The molecule has 28 heavy (non-hydrogen) atoms. The van der Waals surface area contributed by atoms with Crippen molar-refractivity contribution in [2.75, 3.05) is 28.4 Å². The van der Waals surface area contributed by atoms with Gasteiger partial charge in [0.05, 0.1) is 35.9 Å². The summed E-state index contributed by atoms with van der Waals surface area (Å²) in [5.74, 6) is -0.170. The number of aromatic nitrogens is 2. The van der Waals surface area contributed by atoms with Crippen LogP contribution < -0.4 is 9.80 Å². The fraction of sp³-hybridized carbons (Fsp3) is 0.389. The van der Waals surface area contributed by atoms with E-state index in [2.05, 4.69) is 5.10 Å². The number of aryl methyl sites for hydroxylation is 1. The zero-order valence-corrected chi connectivity index (χ0v) is 16.7. The highest BCUT2D eigenvalue weighted by molar-refractivity contribution is 7.90. The number of amides is 2. The van der Waals surface area contributed by atoms with Crippen molar-refractivity contribution in [3.63, 3.8) is 0 Å². The number of sulfone groups is 1. The Kier molecular flexibility index (Phi) is 5.16. The van der Waals surface area contributed by atoms with E-state index in [4.69, 9.17) is 0 Å². The van der Waals surface area contributed by atoms with Gasteiger partial charge in [-0.2, -0.15) is 5.10 Å². The summed E-state index contributed by atoms with van der Waals surface area (Å²) in [5, 5.41) is 13.8. The summed E-state index contributed by atoms with van der Waals surface area (Å²) in [5.41, 5.74) is 2.44. The van der Waals surface area contributed by atoms with Gasteiger partial charge in [0.2, 0.25) is 5.91 Å². The van der Waals surface area contributed by atoms with Crippen LogP contribution in [0.4, 0.5) is 16.2 Å². The smallest absolute Gasteiger partial charge is 0.411 e. The lowest BCUT2D eigenvalue weighted by Crippen LogP contribution is -2.51. The second-order valence-electron chi connectivity index (χ2n) is 6.96. The molecule has 0 saturated carbocycles. The Labute approximate surface area is 163 Å². The van der Waals surface area contributed by atoms with Crippen LogP contribution >= 0.6 is 0 Å². The van der Waals surface area contributed by atoms with Crippen LogP contribution in [0.2, 0.25) is 0 Å². The van der Waals surface area contributed by atoms with Crippen molar-refractivity contribution in [2.24, 2.45) is 0 Å². The number of rotatable bonds is 4. The normalized spacial score (nSPS) is 16.8. The Balaban J connectivity index is 1.98. The van der Waals surface area contributed by atoms with Crippen LogP contribution in [0.1, 0.15) is 13.8 Å². The largest absolute Gasteiger partial charge is 0.465 e. The molecule has 10 heteroatoms. The molecule has 3 rings (SSSR count). The van der Waals surface area contributed by atoms with Gasteiger partial charge in [0.1, 0.15) is 9.84 Å². The van der Waals surface area contributed by atoms with Crippen molar-refractivity contribution < 1.29 is 23.1 Å². The van der Waals surface area contributed by atoms with Gasteiger partial charge in [0.15, 0.2) is 0 Å². The molecule has 1 atom stereocenters. The molecule has 1 aromatic carbocycles. The molecule has 0 unspecified atom stereocenters. The molecule has 150 valence electrons. The van der Waals surface area contributed by atoms with Crippen LogP contribution in [0.5, 0.6) is 0 Å². The second-order valence-corrected chi connectivity index (χ2v) is 9.22. The first-order chi connectivity index (χ1) is 13.1. The number of carboxylic acid groups (broad SMARTS) is 1. The van der Waals surface area contributed by atoms with Crippen LogP contribution in [0, 0.1) is 0 Å². The van der Waals surface area contributed by atoms with Gasteiger partial charge < -0.3 is 10.0 Å². The van der Waals surface area contributed by atoms with E-state index in [-0.39, 0.29) is 30.8 Å². The monoisotopic (exact) mass is 406 g/mol. The molecule has 0 bridgehead atoms. The van der Waals surface area contributed by atoms with E-state index in [1.807, 2.05) is 0 Å². The van der Waals surface area contributed by atoms with Crippen molar-refractivity contribution in [1.82, 2.24) is 9.78 Å². The third-order valence-electron chi connectivity index (χ3n) is 4.64. The predicted octanol–water partition coefficient (Wildman–Crippen LogP) is 1.83. The van der Waals surface area contributed by atoms with Crippen LogP contribution in [0.25, 0.3) is 11.1 Å². The number of nitrogens with zero attached hydrogens (tertiary/aromatic N) is 4. The summed E-state index contributed by atoms with van der Waals surface area (Å²) < 4.78 is 24.2. The molecule has 1 aliphatic rings. The number of anilines is 2. The van der Waals surface area contributed by atoms with E-state index >= 15 is 0 Å². The minimum Gasteiger partial charge on any atom is -0.465 e. The maximum atomic E-state index is 12.1. The van der Waals surface area contributed by atoms with E-state index in [0.29, 0.717) is 11.4 Å². The average molecular weight is 406 g/mol. The van der Waals surface area contributed by atoms with E-state index in [1.54, 1.807) is 42.4 Å².